The van der Waals surface area contributed by atoms with Gasteiger partial charge < -0.3 is 15.8 Å². The Kier molecular flexibility index (Phi) is 7.99. The molecule has 0 radical (unpaired) electrons. The van der Waals surface area contributed by atoms with Crippen LogP contribution >= 0.6 is 12.4 Å². The molecule has 0 aromatic heterocycles. The molecule has 23 heavy (non-hydrogen) atoms. The number of halogens is 1. The summed E-state index contributed by atoms with van der Waals surface area (Å²) in [5.74, 6) is -0.00964. The van der Waals surface area contributed by atoms with E-state index in [-0.39, 0.29) is 24.2 Å². The van der Waals surface area contributed by atoms with E-state index in [1.807, 2.05) is 26.0 Å². The van der Waals surface area contributed by atoms with Gasteiger partial charge in [0.05, 0.1) is 19.3 Å². The molecule has 0 aliphatic carbocycles. The molecule has 130 valence electrons. The summed E-state index contributed by atoms with van der Waals surface area (Å²) in [6.07, 6.45) is 0. The molecule has 1 saturated heterocycles. The third-order valence-electron chi connectivity index (χ3n) is 4.28. The zero-order valence-corrected chi connectivity index (χ0v) is 14.9. The van der Waals surface area contributed by atoms with Crippen LogP contribution in [-0.4, -0.2) is 43.2 Å². The molecule has 2 atom stereocenters. The van der Waals surface area contributed by atoms with Crippen LogP contribution in [0.5, 0.6) is 0 Å². The maximum absolute atomic E-state index is 12.0. The maximum Gasteiger partial charge on any atom is 0.241 e. The van der Waals surface area contributed by atoms with Gasteiger partial charge in [-0.25, -0.2) is 0 Å². The normalized spacial score (nSPS) is 18.1. The van der Waals surface area contributed by atoms with Gasteiger partial charge in [-0.15, -0.1) is 12.4 Å². The van der Waals surface area contributed by atoms with E-state index in [2.05, 4.69) is 29.3 Å². The minimum Gasteiger partial charge on any atom is -0.379 e. The highest BCUT2D eigenvalue weighted by Crippen LogP contribution is 2.22. The molecule has 1 fully saturated rings. The van der Waals surface area contributed by atoms with Crippen LogP contribution in [0.1, 0.15) is 32.4 Å². The van der Waals surface area contributed by atoms with Crippen LogP contribution in [-0.2, 0) is 9.53 Å². The van der Waals surface area contributed by atoms with Crippen molar-refractivity contribution in [2.75, 3.05) is 31.6 Å². The summed E-state index contributed by atoms with van der Waals surface area (Å²) in [5.41, 5.74) is 7.89. The fourth-order valence-corrected chi connectivity index (χ4v) is 2.55. The van der Waals surface area contributed by atoms with Crippen molar-refractivity contribution in [3.63, 3.8) is 0 Å². The lowest BCUT2D eigenvalue weighted by Crippen LogP contribution is -2.39. The predicted octanol–water partition coefficient (Wildman–Crippen LogP) is 2.42. The quantitative estimate of drug-likeness (QED) is 0.863. The lowest BCUT2D eigenvalue weighted by atomic mass is 10.0. The summed E-state index contributed by atoms with van der Waals surface area (Å²) in [6, 6.07) is 7.89. The van der Waals surface area contributed by atoms with E-state index in [0.717, 1.165) is 32.0 Å². The van der Waals surface area contributed by atoms with E-state index >= 15 is 0 Å². The van der Waals surface area contributed by atoms with Gasteiger partial charge in [0.2, 0.25) is 5.91 Å². The van der Waals surface area contributed by atoms with Crippen molar-refractivity contribution in [2.45, 2.75) is 32.9 Å². The largest absolute Gasteiger partial charge is 0.379 e. The number of carbonyl (C=O) groups excluding carboxylic acids is 1. The van der Waals surface area contributed by atoms with Crippen LogP contribution in [0.2, 0.25) is 0 Å². The second kappa shape index (κ2) is 9.23. The second-order valence-electron chi connectivity index (χ2n) is 6.21. The lowest BCUT2D eigenvalue weighted by Gasteiger charge is -2.32. The minimum absolute atomic E-state index is 0. The van der Waals surface area contributed by atoms with Gasteiger partial charge >= 0.3 is 0 Å². The Morgan fingerprint density at radius 1 is 1.17 bits per heavy atom. The molecule has 2 rings (SSSR count). The Hall–Kier alpha value is -1.14. The van der Waals surface area contributed by atoms with Crippen LogP contribution in [0.15, 0.2) is 24.3 Å². The van der Waals surface area contributed by atoms with Gasteiger partial charge in [-0.2, -0.15) is 0 Å². The summed E-state index contributed by atoms with van der Waals surface area (Å²) in [5, 5.41) is 2.87. The Balaban J connectivity index is 0.00000264. The molecule has 1 aliphatic heterocycles. The van der Waals surface area contributed by atoms with Crippen molar-refractivity contribution >= 4 is 24.0 Å². The molecule has 0 saturated carbocycles. The molecule has 0 bridgehead atoms. The lowest BCUT2D eigenvalue weighted by molar-refractivity contribution is -0.118. The first kappa shape index (κ1) is 19.9. The fraction of sp³-hybridized carbons (Fsp3) is 0.588. The van der Waals surface area contributed by atoms with Gasteiger partial charge in [-0.05, 0) is 30.5 Å². The van der Waals surface area contributed by atoms with Gasteiger partial charge in [-0.3, -0.25) is 9.69 Å². The standard InChI is InChI=1S/C17H27N3O2.ClH/c1-12(2)16(18)17(21)19-15-6-4-14(5-7-15)13(3)20-8-10-22-11-9-20;/h4-7,12-13,16H,8-11,18H2,1-3H3,(H,19,21);1H/t13?,16-;/m0./s1. The zero-order valence-electron chi connectivity index (χ0n) is 14.1. The molecule has 1 amide bonds. The van der Waals surface area contributed by atoms with Gasteiger partial charge in [0.25, 0.3) is 0 Å². The maximum atomic E-state index is 12.0. The van der Waals surface area contributed by atoms with Gasteiger partial charge in [0, 0.05) is 24.8 Å². The third kappa shape index (κ3) is 5.46. The van der Waals surface area contributed by atoms with Crippen LogP contribution in [0, 0.1) is 5.92 Å². The molecule has 6 heteroatoms. The van der Waals surface area contributed by atoms with Crippen LogP contribution in [0.3, 0.4) is 0 Å². The highest BCUT2D eigenvalue weighted by atomic mass is 35.5. The highest BCUT2D eigenvalue weighted by molar-refractivity contribution is 5.94. The molecule has 3 N–H and O–H groups in total. The van der Waals surface area contributed by atoms with E-state index in [0.29, 0.717) is 6.04 Å². The first-order valence-corrected chi connectivity index (χ1v) is 7.97. The van der Waals surface area contributed by atoms with Crippen molar-refractivity contribution in [1.82, 2.24) is 4.90 Å². The first-order valence-electron chi connectivity index (χ1n) is 7.97. The van der Waals surface area contributed by atoms with Crippen molar-refractivity contribution in [3.8, 4) is 0 Å². The topological polar surface area (TPSA) is 67.6 Å². The molecule has 1 aromatic rings. The number of amides is 1. The van der Waals surface area contributed by atoms with E-state index < -0.39 is 6.04 Å². The number of carbonyl (C=O) groups is 1. The third-order valence-corrected chi connectivity index (χ3v) is 4.28. The van der Waals surface area contributed by atoms with Gasteiger partial charge in [-0.1, -0.05) is 26.0 Å². The Labute approximate surface area is 145 Å². The summed E-state index contributed by atoms with van der Waals surface area (Å²) in [4.78, 5) is 14.4. The highest BCUT2D eigenvalue weighted by Gasteiger charge is 2.19. The Morgan fingerprint density at radius 2 is 1.74 bits per heavy atom. The number of nitrogens with zero attached hydrogens (tertiary/aromatic N) is 1. The predicted molar refractivity (Wildman–Crippen MR) is 95.9 cm³/mol. The van der Waals surface area contributed by atoms with Crippen molar-refractivity contribution in [1.29, 1.82) is 0 Å². The molecule has 0 spiro atoms. The summed E-state index contributed by atoms with van der Waals surface area (Å²) < 4.78 is 5.39. The molecular weight excluding hydrogens is 314 g/mol. The fourth-order valence-electron chi connectivity index (χ4n) is 2.55. The molecule has 1 unspecified atom stereocenters. The first-order chi connectivity index (χ1) is 10.5. The molecule has 1 heterocycles. The van der Waals surface area contributed by atoms with Crippen LogP contribution in [0.4, 0.5) is 5.69 Å². The summed E-state index contributed by atoms with van der Waals surface area (Å²) >= 11 is 0. The number of nitrogens with two attached hydrogens (primary N) is 1. The smallest absolute Gasteiger partial charge is 0.241 e. The Bertz CT molecular complexity index is 487. The second-order valence-corrected chi connectivity index (χ2v) is 6.21. The molecule has 1 aliphatic rings. The van der Waals surface area contributed by atoms with Gasteiger partial charge in [0.1, 0.15) is 0 Å². The number of hydrogen-bond donors (Lipinski definition) is 2. The number of rotatable bonds is 5. The van der Waals surface area contributed by atoms with E-state index in [4.69, 9.17) is 10.5 Å². The zero-order chi connectivity index (χ0) is 16.1. The molecule has 1 aromatic carbocycles. The monoisotopic (exact) mass is 341 g/mol. The minimum atomic E-state index is -0.480. The molecular formula is C17H28ClN3O2. The number of ether oxygens (including phenoxy) is 1. The Morgan fingerprint density at radius 3 is 2.26 bits per heavy atom. The number of hydrogen-bond acceptors (Lipinski definition) is 4. The average molecular weight is 342 g/mol. The number of nitrogens with one attached hydrogen (secondary N) is 1. The number of morpholine rings is 1. The van der Waals surface area contributed by atoms with E-state index in [1.165, 1.54) is 5.56 Å². The number of anilines is 1. The van der Waals surface area contributed by atoms with E-state index in [9.17, 15) is 4.79 Å². The van der Waals surface area contributed by atoms with Crippen molar-refractivity contribution in [2.24, 2.45) is 11.7 Å². The van der Waals surface area contributed by atoms with Crippen LogP contribution in [0.25, 0.3) is 0 Å². The average Bonchev–Trinajstić information content (AvgIpc) is 2.54. The summed E-state index contributed by atoms with van der Waals surface area (Å²) in [6.45, 7) is 9.60. The summed E-state index contributed by atoms with van der Waals surface area (Å²) in [7, 11) is 0. The molecule has 5 nitrogen and oxygen atoms in total. The van der Waals surface area contributed by atoms with E-state index in [1.54, 1.807) is 0 Å². The number of benzene rings is 1. The van der Waals surface area contributed by atoms with Crippen molar-refractivity contribution < 1.29 is 9.53 Å². The van der Waals surface area contributed by atoms with Gasteiger partial charge in [0.15, 0.2) is 0 Å². The SMILES string of the molecule is CC(C)[C@H](N)C(=O)Nc1ccc(C(C)N2CCOCC2)cc1.Cl. The van der Waals surface area contributed by atoms with Crippen LogP contribution < -0.4 is 11.1 Å². The van der Waals surface area contributed by atoms with Crippen molar-refractivity contribution in [3.05, 3.63) is 29.8 Å².